The van der Waals surface area contributed by atoms with Crippen molar-refractivity contribution in [3.05, 3.63) is 77.6 Å². The fourth-order valence-corrected chi connectivity index (χ4v) is 6.65. The van der Waals surface area contributed by atoms with Gasteiger partial charge in [0.15, 0.2) is 0 Å². The summed E-state index contributed by atoms with van der Waals surface area (Å²) in [5.41, 5.74) is 2.12. The molecular formula is C38H51N9O6. The van der Waals surface area contributed by atoms with Gasteiger partial charge in [-0.3, -0.25) is 24.0 Å². The van der Waals surface area contributed by atoms with Gasteiger partial charge < -0.3 is 35.8 Å². The average molecular weight is 730 g/mol. The van der Waals surface area contributed by atoms with E-state index in [1.165, 1.54) is 4.90 Å². The van der Waals surface area contributed by atoms with Crippen molar-refractivity contribution in [3.8, 4) is 5.75 Å². The number of hydrogen-bond donors (Lipinski definition) is 4. The SMILES string of the molecule is CCN(CC)C(=O)[C@@H]1Cc2ccc(cc2)OCCn2cc(nn2)C[C@H](NC(=O)[C@H](C)NC)C(=O)N2CCC[C@H]2C(=O)N[C@@H](Cc2ccccc2)C(=O)N1. The first kappa shape index (κ1) is 38.9. The Morgan fingerprint density at radius 1 is 0.981 bits per heavy atom. The van der Waals surface area contributed by atoms with Crippen molar-refractivity contribution in [3.63, 3.8) is 0 Å². The third-order valence-corrected chi connectivity index (χ3v) is 9.84. The Bertz CT molecular complexity index is 1710. The highest BCUT2D eigenvalue weighted by Gasteiger charge is 2.40. The summed E-state index contributed by atoms with van der Waals surface area (Å²) < 4.78 is 7.57. The predicted molar refractivity (Wildman–Crippen MR) is 196 cm³/mol. The minimum absolute atomic E-state index is 0.0508. The fourth-order valence-electron chi connectivity index (χ4n) is 6.65. The summed E-state index contributed by atoms with van der Waals surface area (Å²) in [6.07, 6.45) is 3.07. The molecule has 3 aliphatic heterocycles. The van der Waals surface area contributed by atoms with E-state index >= 15 is 0 Å². The smallest absolute Gasteiger partial charge is 0.246 e. The van der Waals surface area contributed by atoms with Crippen molar-refractivity contribution in [1.29, 1.82) is 0 Å². The maximum absolute atomic E-state index is 14.2. The molecule has 15 heteroatoms. The number of aromatic nitrogens is 3. The second-order valence-corrected chi connectivity index (χ2v) is 13.5. The van der Waals surface area contributed by atoms with Gasteiger partial charge in [0.2, 0.25) is 29.5 Å². The standard InChI is InChI=1S/C38H51N9O6/c1-5-45(6-2)37(51)31-22-27-14-16-29(17-15-27)53-20-19-46-24-28(43-44-46)23-32(41-34(48)25(3)39-4)38(52)47-18-10-13-33(47)36(50)40-30(35(49)42-31)21-26-11-8-7-9-12-26/h7-9,11-12,14-17,24-25,30-33,39H,5-6,10,13,18-23H2,1-4H3,(H,40,50)(H,41,48)(H,42,49)/t25-,30-,31-,32-,33-/m0/s1. The van der Waals surface area contributed by atoms with Crippen LogP contribution < -0.4 is 26.0 Å². The molecule has 1 saturated heterocycles. The van der Waals surface area contributed by atoms with E-state index in [9.17, 15) is 24.0 Å². The van der Waals surface area contributed by atoms with E-state index in [1.54, 1.807) is 29.7 Å². The normalized spacial score (nSPS) is 22.0. The van der Waals surface area contributed by atoms with Crippen LogP contribution in [0.3, 0.4) is 0 Å². The van der Waals surface area contributed by atoms with Crippen LogP contribution in [-0.4, -0.2) is 118 Å². The number of benzene rings is 2. The molecule has 0 unspecified atom stereocenters. The molecule has 3 aliphatic rings. The first-order valence-electron chi connectivity index (χ1n) is 18.4. The van der Waals surface area contributed by atoms with Gasteiger partial charge in [-0.2, -0.15) is 0 Å². The Morgan fingerprint density at radius 2 is 1.72 bits per heavy atom. The van der Waals surface area contributed by atoms with E-state index in [0.29, 0.717) is 50.5 Å². The molecule has 2 aromatic carbocycles. The zero-order valence-corrected chi connectivity index (χ0v) is 30.9. The minimum Gasteiger partial charge on any atom is -0.492 e. The number of nitrogens with zero attached hydrogens (tertiary/aromatic N) is 5. The largest absolute Gasteiger partial charge is 0.492 e. The lowest BCUT2D eigenvalue weighted by Crippen LogP contribution is -2.59. The van der Waals surface area contributed by atoms with Crippen LogP contribution in [0.1, 0.15) is 50.4 Å². The van der Waals surface area contributed by atoms with Crippen molar-refractivity contribution in [2.24, 2.45) is 0 Å². The van der Waals surface area contributed by atoms with E-state index in [4.69, 9.17) is 4.74 Å². The van der Waals surface area contributed by atoms with E-state index in [1.807, 2.05) is 68.4 Å². The van der Waals surface area contributed by atoms with Gasteiger partial charge in [-0.05, 0) is 63.9 Å². The van der Waals surface area contributed by atoms with E-state index < -0.39 is 47.9 Å². The zero-order chi connectivity index (χ0) is 37.9. The minimum atomic E-state index is -1.05. The summed E-state index contributed by atoms with van der Waals surface area (Å²) >= 11 is 0. The van der Waals surface area contributed by atoms with Gasteiger partial charge in [0.25, 0.3) is 0 Å². The molecule has 5 amide bonds. The molecule has 0 aliphatic carbocycles. The predicted octanol–water partition coefficient (Wildman–Crippen LogP) is 0.620. The first-order valence-corrected chi connectivity index (χ1v) is 18.4. The van der Waals surface area contributed by atoms with Crippen molar-refractivity contribution in [1.82, 2.24) is 46.1 Å². The number of ether oxygens (including phenoxy) is 1. The van der Waals surface area contributed by atoms with Crippen LogP contribution in [0.15, 0.2) is 60.8 Å². The first-order chi connectivity index (χ1) is 25.6. The Labute approximate surface area is 310 Å². The number of likely N-dealkylation sites (N-methyl/N-ethyl adjacent to an activating group) is 2. The summed E-state index contributed by atoms with van der Waals surface area (Å²) in [7, 11) is 1.65. The highest BCUT2D eigenvalue weighted by Crippen LogP contribution is 2.21. The maximum Gasteiger partial charge on any atom is 0.246 e. The highest BCUT2D eigenvalue weighted by molar-refractivity contribution is 5.96. The average Bonchev–Trinajstić information content (AvgIpc) is 3.84. The summed E-state index contributed by atoms with van der Waals surface area (Å²) in [6.45, 7) is 7.34. The lowest BCUT2D eigenvalue weighted by atomic mass is 10.0. The Morgan fingerprint density at radius 3 is 2.42 bits per heavy atom. The van der Waals surface area contributed by atoms with Gasteiger partial charge in [0.05, 0.1) is 18.3 Å². The van der Waals surface area contributed by atoms with Gasteiger partial charge in [-0.25, -0.2) is 4.68 Å². The topological polar surface area (TPSA) is 180 Å². The molecule has 4 bridgehead atoms. The van der Waals surface area contributed by atoms with Crippen molar-refractivity contribution in [2.45, 2.75) is 89.6 Å². The molecule has 15 nitrogen and oxygen atoms in total. The van der Waals surface area contributed by atoms with Crippen LogP contribution in [0.2, 0.25) is 0 Å². The van der Waals surface area contributed by atoms with Gasteiger partial charge in [0, 0.05) is 45.1 Å². The number of hydrogen-bond acceptors (Lipinski definition) is 9. The zero-order valence-electron chi connectivity index (χ0n) is 30.9. The quantitative estimate of drug-likeness (QED) is 0.259. The molecular weight excluding hydrogens is 678 g/mol. The van der Waals surface area contributed by atoms with Crippen LogP contribution in [-0.2, 0) is 49.8 Å². The second-order valence-electron chi connectivity index (χ2n) is 13.5. The molecule has 284 valence electrons. The molecule has 0 radical (unpaired) electrons. The summed E-state index contributed by atoms with van der Waals surface area (Å²) in [4.78, 5) is 72.6. The number of fused-ring (bicyclic) bond motifs is 12. The monoisotopic (exact) mass is 729 g/mol. The third-order valence-electron chi connectivity index (χ3n) is 9.84. The third kappa shape index (κ3) is 10.2. The van der Waals surface area contributed by atoms with E-state index in [0.717, 1.165) is 11.1 Å². The Kier molecular flexibility index (Phi) is 13.5. The van der Waals surface area contributed by atoms with Crippen LogP contribution in [0.5, 0.6) is 5.75 Å². The maximum atomic E-state index is 14.2. The molecule has 53 heavy (non-hydrogen) atoms. The van der Waals surface area contributed by atoms with E-state index in [2.05, 4.69) is 31.6 Å². The van der Waals surface area contributed by atoms with Crippen molar-refractivity contribution < 1.29 is 28.7 Å². The molecule has 1 aromatic heterocycles. The molecule has 5 atom stereocenters. The molecule has 1 fully saturated rings. The second kappa shape index (κ2) is 18.4. The van der Waals surface area contributed by atoms with Crippen LogP contribution in [0, 0.1) is 0 Å². The summed E-state index contributed by atoms with van der Waals surface area (Å²) in [6, 6.07) is 12.2. The van der Waals surface area contributed by atoms with Crippen LogP contribution >= 0.6 is 0 Å². The van der Waals surface area contributed by atoms with Crippen LogP contribution in [0.25, 0.3) is 0 Å². The number of rotatable bonds is 8. The van der Waals surface area contributed by atoms with Gasteiger partial charge in [-0.1, -0.05) is 47.7 Å². The van der Waals surface area contributed by atoms with E-state index in [-0.39, 0.29) is 37.7 Å². The van der Waals surface area contributed by atoms with Gasteiger partial charge in [-0.15, -0.1) is 5.10 Å². The molecule has 0 saturated carbocycles. The summed E-state index contributed by atoms with van der Waals surface area (Å²) in [5, 5.41) is 20.1. The molecule has 4 heterocycles. The van der Waals surface area contributed by atoms with Gasteiger partial charge in [0.1, 0.15) is 36.5 Å². The summed E-state index contributed by atoms with van der Waals surface area (Å²) in [5.74, 6) is -1.44. The number of amides is 5. The number of nitrogens with one attached hydrogen (secondary N) is 4. The van der Waals surface area contributed by atoms with Crippen molar-refractivity contribution >= 4 is 29.5 Å². The molecule has 0 spiro atoms. The van der Waals surface area contributed by atoms with Gasteiger partial charge >= 0.3 is 0 Å². The molecule has 4 N–H and O–H groups in total. The van der Waals surface area contributed by atoms with Crippen molar-refractivity contribution in [2.75, 3.05) is 33.3 Å². The number of carbonyl (C=O) groups is 5. The fraction of sp³-hybridized carbons (Fsp3) is 0.500. The van der Waals surface area contributed by atoms with Crippen LogP contribution in [0.4, 0.5) is 0 Å². The lowest BCUT2D eigenvalue weighted by molar-refractivity contribution is -0.142. The lowest BCUT2D eigenvalue weighted by Gasteiger charge is -2.31. The Hall–Kier alpha value is -5.31. The highest BCUT2D eigenvalue weighted by atomic mass is 16.5. The Balaban J connectivity index is 1.50. The number of carbonyl (C=O) groups excluding carboxylic acids is 5. The molecule has 6 rings (SSSR count). The molecule has 3 aromatic rings.